The van der Waals surface area contributed by atoms with Crippen molar-refractivity contribution in [3.63, 3.8) is 0 Å². The van der Waals surface area contributed by atoms with Crippen molar-refractivity contribution in [1.29, 1.82) is 0 Å². The lowest BCUT2D eigenvalue weighted by atomic mass is 10.0. The lowest BCUT2D eigenvalue weighted by Gasteiger charge is -2.02. The summed E-state index contributed by atoms with van der Waals surface area (Å²) in [5, 5.41) is 0.754. The molecule has 0 saturated carbocycles. The number of halogens is 1. The summed E-state index contributed by atoms with van der Waals surface area (Å²) in [4.78, 5) is 0. The van der Waals surface area contributed by atoms with Gasteiger partial charge in [-0.2, -0.15) is 0 Å². The SMILES string of the molecule is [CH]C(C)c1ccc(Cl)cc1. The second-order valence-electron chi connectivity index (χ2n) is 2.34. The van der Waals surface area contributed by atoms with Crippen LogP contribution in [-0.2, 0) is 0 Å². The van der Waals surface area contributed by atoms with E-state index in [0.29, 0.717) is 0 Å². The fourth-order valence-electron chi connectivity index (χ4n) is 0.766. The maximum absolute atomic E-state index is 5.68. The van der Waals surface area contributed by atoms with Gasteiger partial charge in [0.05, 0.1) is 0 Å². The Bertz CT molecular complexity index is 198. The zero-order valence-electron chi connectivity index (χ0n) is 5.84. The number of hydrogen-bond donors (Lipinski definition) is 0. The molecule has 0 heterocycles. The molecule has 0 aliphatic rings. The quantitative estimate of drug-likeness (QED) is 0.580. The third kappa shape index (κ3) is 1.74. The van der Waals surface area contributed by atoms with Crippen LogP contribution < -0.4 is 0 Å². The Morgan fingerprint density at radius 1 is 1.30 bits per heavy atom. The average molecular weight is 153 g/mol. The van der Waals surface area contributed by atoms with Gasteiger partial charge in [0.25, 0.3) is 0 Å². The molecule has 0 spiro atoms. The van der Waals surface area contributed by atoms with Crippen molar-refractivity contribution in [2.75, 3.05) is 0 Å². The normalized spacial score (nSPS) is 10.4. The highest BCUT2D eigenvalue weighted by molar-refractivity contribution is 6.30. The first-order valence-electron chi connectivity index (χ1n) is 3.21. The van der Waals surface area contributed by atoms with Crippen molar-refractivity contribution in [1.82, 2.24) is 0 Å². The van der Waals surface area contributed by atoms with Crippen LogP contribution in [0.4, 0.5) is 0 Å². The van der Waals surface area contributed by atoms with E-state index < -0.39 is 0 Å². The zero-order valence-corrected chi connectivity index (χ0v) is 6.60. The molecule has 52 valence electrons. The van der Waals surface area contributed by atoms with Crippen molar-refractivity contribution in [2.45, 2.75) is 12.8 Å². The summed E-state index contributed by atoms with van der Waals surface area (Å²) in [5.74, 6) is 0.0947. The summed E-state index contributed by atoms with van der Waals surface area (Å²) in [6, 6.07) is 7.57. The average Bonchev–Trinajstić information content (AvgIpc) is 1.88. The van der Waals surface area contributed by atoms with Crippen molar-refractivity contribution in [3.05, 3.63) is 41.8 Å². The molecule has 1 unspecified atom stereocenters. The van der Waals surface area contributed by atoms with Crippen LogP contribution >= 0.6 is 11.6 Å². The van der Waals surface area contributed by atoms with Gasteiger partial charge in [0, 0.05) is 5.02 Å². The molecule has 0 saturated heterocycles. The summed E-state index contributed by atoms with van der Waals surface area (Å²) in [7, 11) is 0. The van der Waals surface area contributed by atoms with Gasteiger partial charge >= 0.3 is 0 Å². The molecule has 1 aromatic carbocycles. The van der Waals surface area contributed by atoms with Gasteiger partial charge in [-0.3, -0.25) is 0 Å². The fourth-order valence-corrected chi connectivity index (χ4v) is 0.892. The minimum atomic E-state index is 0.0947. The largest absolute Gasteiger partial charge is 0.0843 e. The Kier molecular flexibility index (Phi) is 2.34. The minimum Gasteiger partial charge on any atom is -0.0843 e. The van der Waals surface area contributed by atoms with Crippen LogP contribution in [0.2, 0.25) is 5.02 Å². The van der Waals surface area contributed by atoms with Crippen molar-refractivity contribution < 1.29 is 0 Å². The van der Waals surface area contributed by atoms with Gasteiger partial charge in [-0.25, -0.2) is 0 Å². The maximum atomic E-state index is 5.68. The molecule has 2 radical (unpaired) electrons. The maximum Gasteiger partial charge on any atom is 0.0406 e. The topological polar surface area (TPSA) is 0 Å². The van der Waals surface area contributed by atoms with Crippen molar-refractivity contribution in [3.8, 4) is 0 Å². The molecule has 1 aromatic rings. The van der Waals surface area contributed by atoms with E-state index in [-0.39, 0.29) is 5.92 Å². The van der Waals surface area contributed by atoms with Gasteiger partial charge in [-0.05, 0) is 30.5 Å². The van der Waals surface area contributed by atoms with Crippen LogP contribution in [0.25, 0.3) is 0 Å². The van der Waals surface area contributed by atoms with Gasteiger partial charge in [-0.15, -0.1) is 0 Å². The Morgan fingerprint density at radius 2 is 1.80 bits per heavy atom. The van der Waals surface area contributed by atoms with Crippen LogP contribution in [0, 0.1) is 6.92 Å². The number of benzene rings is 1. The summed E-state index contributed by atoms with van der Waals surface area (Å²) in [6.07, 6.45) is 0. The first kappa shape index (κ1) is 7.62. The second kappa shape index (κ2) is 3.07. The van der Waals surface area contributed by atoms with Crippen LogP contribution in [0.3, 0.4) is 0 Å². The Hall–Kier alpha value is -0.490. The van der Waals surface area contributed by atoms with Crippen LogP contribution in [0.15, 0.2) is 24.3 Å². The molecule has 0 aliphatic heterocycles. The van der Waals surface area contributed by atoms with E-state index in [9.17, 15) is 0 Å². The number of hydrogen-bond acceptors (Lipinski definition) is 0. The molecular formula is C9H9Cl. The standard InChI is InChI=1S/C9H9Cl/c1-7(2)8-3-5-9(10)6-4-8/h1,3-7H,2H3. The second-order valence-corrected chi connectivity index (χ2v) is 2.78. The highest BCUT2D eigenvalue weighted by Gasteiger charge is 1.96. The molecular weight excluding hydrogens is 144 g/mol. The molecule has 1 rings (SSSR count). The van der Waals surface area contributed by atoms with Gasteiger partial charge in [-0.1, -0.05) is 30.7 Å². The lowest BCUT2D eigenvalue weighted by molar-refractivity contribution is 0.964. The van der Waals surface area contributed by atoms with E-state index in [4.69, 9.17) is 18.5 Å². The lowest BCUT2D eigenvalue weighted by Crippen LogP contribution is -1.84. The van der Waals surface area contributed by atoms with E-state index in [0.717, 1.165) is 10.6 Å². The van der Waals surface area contributed by atoms with Crippen molar-refractivity contribution in [2.24, 2.45) is 0 Å². The highest BCUT2D eigenvalue weighted by Crippen LogP contribution is 2.16. The van der Waals surface area contributed by atoms with Crippen LogP contribution in [-0.4, -0.2) is 0 Å². The molecule has 0 nitrogen and oxygen atoms in total. The summed E-state index contributed by atoms with van der Waals surface area (Å²) < 4.78 is 0. The fraction of sp³-hybridized carbons (Fsp3) is 0.222. The van der Waals surface area contributed by atoms with Gasteiger partial charge in [0.15, 0.2) is 0 Å². The summed E-state index contributed by atoms with van der Waals surface area (Å²) in [5.41, 5.74) is 1.12. The smallest absolute Gasteiger partial charge is 0.0406 e. The van der Waals surface area contributed by atoms with E-state index in [1.807, 2.05) is 31.2 Å². The Balaban J connectivity index is 2.89. The Morgan fingerprint density at radius 3 is 2.20 bits per heavy atom. The number of rotatable bonds is 1. The molecule has 10 heavy (non-hydrogen) atoms. The van der Waals surface area contributed by atoms with E-state index >= 15 is 0 Å². The third-order valence-corrected chi connectivity index (χ3v) is 1.65. The minimum absolute atomic E-state index is 0.0947. The molecule has 0 aliphatic carbocycles. The summed E-state index contributed by atoms with van der Waals surface area (Å²) in [6.45, 7) is 7.57. The first-order valence-corrected chi connectivity index (χ1v) is 3.59. The molecule has 1 atom stereocenters. The van der Waals surface area contributed by atoms with Crippen LogP contribution in [0.5, 0.6) is 0 Å². The highest BCUT2D eigenvalue weighted by atomic mass is 35.5. The van der Waals surface area contributed by atoms with E-state index in [2.05, 4.69) is 0 Å². The van der Waals surface area contributed by atoms with Gasteiger partial charge in [0.2, 0.25) is 0 Å². The predicted molar refractivity (Wildman–Crippen MR) is 44.2 cm³/mol. The third-order valence-electron chi connectivity index (χ3n) is 1.40. The molecule has 0 fully saturated rings. The molecule has 0 aromatic heterocycles. The van der Waals surface area contributed by atoms with Crippen LogP contribution in [0.1, 0.15) is 18.4 Å². The summed E-state index contributed by atoms with van der Waals surface area (Å²) >= 11 is 5.68. The zero-order chi connectivity index (χ0) is 7.56. The first-order chi connectivity index (χ1) is 4.70. The van der Waals surface area contributed by atoms with Gasteiger partial charge < -0.3 is 0 Å². The van der Waals surface area contributed by atoms with Crippen molar-refractivity contribution >= 4 is 11.6 Å². The van der Waals surface area contributed by atoms with E-state index in [1.165, 1.54) is 0 Å². The Labute approximate surface area is 66.8 Å². The predicted octanol–water partition coefficient (Wildman–Crippen LogP) is 3.15. The molecule has 1 heteroatoms. The molecule has 0 N–H and O–H groups in total. The van der Waals surface area contributed by atoms with E-state index in [1.54, 1.807) is 0 Å². The molecule has 0 amide bonds. The molecule has 0 bridgehead atoms. The monoisotopic (exact) mass is 152 g/mol. The van der Waals surface area contributed by atoms with Gasteiger partial charge in [0.1, 0.15) is 0 Å².